The molecule has 0 radical (unpaired) electrons. The highest BCUT2D eigenvalue weighted by Gasteiger charge is 2.15. The third kappa shape index (κ3) is 5.77. The van der Waals surface area contributed by atoms with E-state index >= 15 is 0 Å². The molecule has 0 heterocycles. The lowest BCUT2D eigenvalue weighted by Crippen LogP contribution is -2.39. The first-order valence-corrected chi connectivity index (χ1v) is 10.1. The van der Waals surface area contributed by atoms with Crippen LogP contribution in [0.3, 0.4) is 0 Å². The van der Waals surface area contributed by atoms with E-state index in [-0.39, 0.29) is 12.2 Å². The van der Waals surface area contributed by atoms with Gasteiger partial charge >= 0.3 is 12.3 Å². The van der Waals surface area contributed by atoms with Crippen LogP contribution in [0.25, 0.3) is 5.70 Å². The van der Waals surface area contributed by atoms with Crippen LogP contribution in [0.15, 0.2) is 49.0 Å². The summed E-state index contributed by atoms with van der Waals surface area (Å²) in [6, 6.07) is 11.5. The minimum atomic E-state index is -3.16. The van der Waals surface area contributed by atoms with Crippen molar-refractivity contribution in [1.29, 1.82) is 0 Å². The maximum absolute atomic E-state index is 14.6. The molecule has 0 aliphatic heterocycles. The Kier molecular flexibility index (Phi) is 7.53. The van der Waals surface area contributed by atoms with Crippen LogP contribution in [-0.4, -0.2) is 24.5 Å². The summed E-state index contributed by atoms with van der Waals surface area (Å²) in [4.78, 5) is 10.9. The summed E-state index contributed by atoms with van der Waals surface area (Å²) in [5.74, 6) is 2.04. The zero-order chi connectivity index (χ0) is 20.8. The number of hydrogen-bond donors (Lipinski definition) is 2. The Bertz CT molecular complexity index is 890. The molecule has 0 aromatic heterocycles. The third-order valence-corrected chi connectivity index (χ3v) is 5.09. The second-order valence-electron chi connectivity index (χ2n) is 5.81. The van der Waals surface area contributed by atoms with E-state index < -0.39 is 28.8 Å². The summed E-state index contributed by atoms with van der Waals surface area (Å²) in [5.41, 5.74) is 5.73. The van der Waals surface area contributed by atoms with Crippen LogP contribution in [0.5, 0.6) is 0 Å². The van der Waals surface area contributed by atoms with Crippen molar-refractivity contribution in [3.8, 4) is 0 Å². The van der Waals surface area contributed by atoms with Gasteiger partial charge in [0.15, 0.2) is 0 Å². The molecular weight excluding hydrogens is 411 g/mol. The highest BCUT2D eigenvalue weighted by atomic mass is 35.5. The predicted molar refractivity (Wildman–Crippen MR) is 111 cm³/mol. The van der Waals surface area contributed by atoms with E-state index in [2.05, 4.69) is 17.9 Å². The molecule has 2 rings (SSSR count). The summed E-state index contributed by atoms with van der Waals surface area (Å²) >= 11 is 5.92. The van der Waals surface area contributed by atoms with E-state index in [9.17, 15) is 18.0 Å². The van der Waals surface area contributed by atoms with Gasteiger partial charge in [-0.3, -0.25) is 15.6 Å². The second-order valence-corrected chi connectivity index (χ2v) is 7.89. The molecule has 2 N–H and O–H groups in total. The smallest absolute Gasteiger partial charge is 0.317 e. The van der Waals surface area contributed by atoms with Gasteiger partial charge < -0.3 is 4.31 Å². The Hall–Kier alpha value is -2.45. The number of rotatable bonds is 8. The summed E-state index contributed by atoms with van der Waals surface area (Å²) in [6.07, 6.45) is -1.25. The zero-order valence-electron chi connectivity index (χ0n) is 15.0. The number of hydrogen-bond acceptors (Lipinski definition) is 3. The van der Waals surface area contributed by atoms with Gasteiger partial charge in [0.05, 0.1) is 12.2 Å². The van der Waals surface area contributed by atoms with Crippen LogP contribution in [-0.2, 0) is 11.3 Å². The first-order valence-electron chi connectivity index (χ1n) is 7.99. The van der Waals surface area contributed by atoms with Crippen LogP contribution in [0.1, 0.15) is 11.1 Å². The summed E-state index contributed by atoms with van der Waals surface area (Å²) in [5, 5.41) is 0.601. The van der Waals surface area contributed by atoms with Crippen LogP contribution in [0.2, 0.25) is 5.02 Å². The van der Waals surface area contributed by atoms with Gasteiger partial charge in [0.1, 0.15) is 5.82 Å². The van der Waals surface area contributed by atoms with Gasteiger partial charge in [-0.1, -0.05) is 36.2 Å². The topological polar surface area (TPSA) is 44.4 Å². The van der Waals surface area contributed by atoms with Gasteiger partial charge in [-0.15, -0.1) is 10.7 Å². The first-order chi connectivity index (χ1) is 13.2. The molecule has 28 heavy (non-hydrogen) atoms. The van der Waals surface area contributed by atoms with Crippen molar-refractivity contribution in [1.82, 2.24) is 10.9 Å². The maximum atomic E-state index is 14.6. The van der Waals surface area contributed by atoms with Crippen molar-refractivity contribution >= 4 is 45.4 Å². The molecule has 9 heteroatoms. The molecule has 4 nitrogen and oxygen atoms in total. The van der Waals surface area contributed by atoms with E-state index in [1.54, 1.807) is 29.7 Å². The number of halogens is 4. The summed E-state index contributed by atoms with van der Waals surface area (Å²) in [7, 11) is -0.422. The van der Waals surface area contributed by atoms with Crippen molar-refractivity contribution in [2.24, 2.45) is 0 Å². The summed E-state index contributed by atoms with van der Waals surface area (Å²) < 4.78 is 40.9. The molecule has 0 spiro atoms. The lowest BCUT2D eigenvalue weighted by atomic mass is 10.1. The van der Waals surface area contributed by atoms with Crippen molar-refractivity contribution in [2.75, 3.05) is 10.6 Å². The van der Waals surface area contributed by atoms with Crippen molar-refractivity contribution in [3.63, 3.8) is 0 Å². The Morgan fingerprint density at radius 1 is 1.21 bits per heavy atom. The fourth-order valence-electron chi connectivity index (χ4n) is 2.27. The van der Waals surface area contributed by atoms with Gasteiger partial charge in [-0.05, 0) is 36.6 Å². The molecule has 150 valence electrons. The number of carbonyl (C=O) groups excluding carboxylic acids is 1. The number of nitrogens with zero attached hydrogens (tertiary/aromatic N) is 1. The Morgan fingerprint density at radius 2 is 1.86 bits per heavy atom. The van der Waals surface area contributed by atoms with Gasteiger partial charge in [-0.25, -0.2) is 4.39 Å². The quantitative estimate of drug-likeness (QED) is 0.476. The molecule has 0 aliphatic carbocycles. The molecular formula is C19H19ClF3N3OS. The number of benzene rings is 2. The lowest BCUT2D eigenvalue weighted by Gasteiger charge is -2.26. The summed E-state index contributed by atoms with van der Waals surface area (Å²) in [6.45, 7) is 3.88. The van der Waals surface area contributed by atoms with E-state index in [4.69, 9.17) is 11.6 Å². The molecule has 2 aromatic carbocycles. The molecule has 0 fully saturated rings. The SMILES string of the molecule is C=C(NNC(=O)C(F)F)c1ccc(CN(c2ccc(Cl)cc2)S(=C)C)c(F)c1. The first kappa shape index (κ1) is 21.8. The van der Waals surface area contributed by atoms with E-state index in [0.717, 1.165) is 5.69 Å². The van der Waals surface area contributed by atoms with Gasteiger partial charge in [-0.2, -0.15) is 8.78 Å². The van der Waals surface area contributed by atoms with Crippen LogP contribution in [0, 0.1) is 5.82 Å². The average Bonchev–Trinajstić information content (AvgIpc) is 2.65. The number of anilines is 1. The Morgan fingerprint density at radius 3 is 2.39 bits per heavy atom. The monoisotopic (exact) mass is 429 g/mol. The second kappa shape index (κ2) is 9.66. The maximum Gasteiger partial charge on any atom is 0.317 e. The van der Waals surface area contributed by atoms with Crippen molar-refractivity contribution in [2.45, 2.75) is 13.0 Å². The van der Waals surface area contributed by atoms with Gasteiger partial charge in [0.2, 0.25) is 0 Å². The molecule has 1 amide bonds. The molecule has 0 saturated carbocycles. The highest BCUT2D eigenvalue weighted by molar-refractivity contribution is 8.14. The molecule has 0 aliphatic rings. The zero-order valence-corrected chi connectivity index (χ0v) is 16.6. The average molecular weight is 430 g/mol. The minimum Gasteiger partial charge on any atom is -0.318 e. The van der Waals surface area contributed by atoms with E-state index in [1.807, 2.05) is 22.7 Å². The normalized spacial score (nSPS) is 11.8. The van der Waals surface area contributed by atoms with Crippen LogP contribution >= 0.6 is 22.3 Å². The van der Waals surface area contributed by atoms with Crippen molar-refractivity contribution < 1.29 is 18.0 Å². The lowest BCUT2D eigenvalue weighted by molar-refractivity contribution is -0.132. The molecule has 1 atom stereocenters. The number of amides is 1. The van der Waals surface area contributed by atoms with Gasteiger partial charge in [0.25, 0.3) is 0 Å². The molecule has 0 saturated heterocycles. The largest absolute Gasteiger partial charge is 0.318 e. The minimum absolute atomic E-state index is 0.0846. The molecule has 0 bridgehead atoms. The van der Waals surface area contributed by atoms with E-state index in [1.165, 1.54) is 6.07 Å². The van der Waals surface area contributed by atoms with Gasteiger partial charge in [0, 0.05) is 21.8 Å². The van der Waals surface area contributed by atoms with E-state index in [0.29, 0.717) is 16.1 Å². The Balaban J connectivity index is 2.14. The highest BCUT2D eigenvalue weighted by Crippen LogP contribution is 2.29. The standard InChI is InChI=1S/C19H19ClF3N3OS/c1-12(24-25-19(27)18(22)23)13-4-5-14(17(21)10-13)11-26(28(2)3)16-8-6-15(20)7-9-16/h4-10,18,24H,1-2,11H2,3H3,(H,25,27). The Labute approximate surface area is 169 Å². The fraction of sp³-hybridized carbons (Fsp3) is 0.158. The number of nitrogens with one attached hydrogen (secondary N) is 2. The van der Waals surface area contributed by atoms with Crippen LogP contribution in [0.4, 0.5) is 18.9 Å². The van der Waals surface area contributed by atoms with Crippen molar-refractivity contribution in [3.05, 3.63) is 71.0 Å². The fourth-order valence-corrected chi connectivity index (χ4v) is 3.24. The number of alkyl halides is 2. The number of hydrazine groups is 1. The number of carbonyl (C=O) groups is 1. The predicted octanol–water partition coefficient (Wildman–Crippen LogP) is 4.59. The van der Waals surface area contributed by atoms with Crippen LogP contribution < -0.4 is 15.2 Å². The molecule has 1 unspecified atom stereocenters. The molecule has 2 aromatic rings. The third-order valence-electron chi connectivity index (χ3n) is 3.74.